The molecule has 0 saturated carbocycles. The summed E-state index contributed by atoms with van der Waals surface area (Å²) in [6.45, 7) is 7.77. The van der Waals surface area contributed by atoms with E-state index < -0.39 is 47.6 Å². The number of rotatable bonds is 16. The van der Waals surface area contributed by atoms with Gasteiger partial charge < -0.3 is 29.7 Å². The summed E-state index contributed by atoms with van der Waals surface area (Å²) in [5.41, 5.74) is -0.177. The predicted octanol–water partition coefficient (Wildman–Crippen LogP) is 4.75. The Morgan fingerprint density at radius 1 is 1.15 bits per heavy atom. The molecule has 48 heavy (non-hydrogen) atoms. The molecule has 1 unspecified atom stereocenters. The summed E-state index contributed by atoms with van der Waals surface area (Å²) in [5, 5.41) is 12.7. The van der Waals surface area contributed by atoms with Gasteiger partial charge in [-0.05, 0) is 43.4 Å². The Labute approximate surface area is 294 Å². The Bertz CT molecular complexity index is 1530. The lowest BCUT2D eigenvalue weighted by molar-refractivity contribution is -0.160. The van der Waals surface area contributed by atoms with Gasteiger partial charge in [0.2, 0.25) is 11.8 Å². The molecule has 7 atom stereocenters. The van der Waals surface area contributed by atoms with Crippen molar-refractivity contribution in [2.45, 2.75) is 60.8 Å². The molecular weight excluding hydrogens is 702 g/mol. The highest BCUT2D eigenvalue weighted by Gasteiger charge is 2.77. The Morgan fingerprint density at radius 2 is 1.88 bits per heavy atom. The molecule has 2 N–H and O–H groups in total. The van der Waals surface area contributed by atoms with Crippen LogP contribution in [0.25, 0.3) is 0 Å². The zero-order valence-corrected chi connectivity index (χ0v) is 29.0. The van der Waals surface area contributed by atoms with E-state index in [-0.39, 0.29) is 49.3 Å². The Hall–Kier alpha value is -3.51. The molecule has 0 radical (unpaired) electrons. The number of anilines is 1. The smallest absolute Gasteiger partial charge is 0.313 e. The van der Waals surface area contributed by atoms with E-state index in [0.717, 1.165) is 0 Å². The number of fused-ring (bicyclic) bond motifs is 1. The van der Waals surface area contributed by atoms with Crippen LogP contribution in [0.4, 0.5) is 5.69 Å². The highest BCUT2D eigenvalue weighted by atomic mass is 79.9. The summed E-state index contributed by atoms with van der Waals surface area (Å²) in [4.78, 5) is 58.5. The van der Waals surface area contributed by atoms with Crippen LogP contribution in [-0.4, -0.2) is 82.5 Å². The molecule has 0 aromatic heterocycles. The number of para-hydroxylation sites is 1. The number of nitrogens with zero attached hydrogens (tertiary/aromatic N) is 2. The number of hydrogen-bond donors (Lipinski definition) is 2. The lowest BCUT2D eigenvalue weighted by atomic mass is 9.70. The van der Waals surface area contributed by atoms with Gasteiger partial charge in [-0.3, -0.25) is 19.2 Å². The van der Waals surface area contributed by atoms with Crippen LogP contribution in [0.15, 0.2) is 79.9 Å². The number of unbranched alkanes of at least 4 members (excludes halogenated alkanes) is 1. The van der Waals surface area contributed by atoms with Crippen LogP contribution in [-0.2, 0) is 28.7 Å². The first-order valence-corrected chi connectivity index (χ1v) is 17.5. The van der Waals surface area contributed by atoms with Gasteiger partial charge in [-0.1, -0.05) is 82.1 Å². The number of ether oxygens (including phenoxy) is 2. The maximum absolute atomic E-state index is 14.7. The number of aliphatic hydroxyl groups is 1. The second-order valence-corrected chi connectivity index (χ2v) is 13.9. The second kappa shape index (κ2) is 15.8. The minimum Gasteiger partial charge on any atom is -0.455 e. The number of esters is 1. The Balaban J connectivity index is 1.48. The molecule has 256 valence electrons. The molecule has 5 rings (SSSR count). The number of likely N-dealkylation sites (tertiary alicyclic amines) is 1. The summed E-state index contributed by atoms with van der Waals surface area (Å²) < 4.78 is 12.8. The number of halogens is 2. The number of aliphatic hydroxyl groups excluding tert-OH is 1. The van der Waals surface area contributed by atoms with Crippen LogP contribution in [0.5, 0.6) is 0 Å². The highest BCUT2D eigenvalue weighted by Crippen LogP contribution is 2.60. The lowest BCUT2D eigenvalue weighted by Crippen LogP contribution is -2.57. The van der Waals surface area contributed by atoms with Crippen molar-refractivity contribution >= 4 is 56.9 Å². The normalized spacial score (nSPS) is 26.1. The molecule has 3 amide bonds. The molecule has 3 aliphatic heterocycles. The first kappa shape index (κ1) is 35.8. The van der Waals surface area contributed by atoms with Gasteiger partial charge in [0.25, 0.3) is 5.91 Å². The van der Waals surface area contributed by atoms with E-state index in [9.17, 15) is 24.3 Å². The SMILES string of the molecule is C=CCCC(=O)NC[C@@H](OC(=O)[C@H]1[C@@H]2O[C@@]3(CC2Br)[C@@H]1C(=O)N(CCCCO)[C@@H]3C(=O)N(CC=C)c1ccccc1Cl)c1ccccc1. The van der Waals surface area contributed by atoms with E-state index >= 15 is 0 Å². The molecular formula is C36H41BrClN3O7. The fraction of sp³-hybridized carbons (Fsp3) is 0.444. The molecule has 10 nitrogen and oxygen atoms in total. The van der Waals surface area contributed by atoms with E-state index in [1.165, 1.54) is 9.80 Å². The number of allylic oxidation sites excluding steroid dienone is 1. The molecule has 1 spiro atoms. The standard InChI is InChI=1S/C36H41BrClN3O7/c1-3-5-17-28(43)39-22-27(23-13-7-6-8-14-23)47-35(46)29-30-33(44)41(19-11-12-20-42)32(36(30)21-24(37)31(29)48-36)34(45)40(18-4-2)26-16-10-9-15-25(26)38/h3-4,6-10,13-16,24,27,29-32,42H,1-2,5,11-12,17-22H2,(H,39,43)/t24?,27-,29-,30+,31-,32-,36+/m1/s1. The zero-order valence-electron chi connectivity index (χ0n) is 26.6. The molecule has 12 heteroatoms. The summed E-state index contributed by atoms with van der Waals surface area (Å²) in [6.07, 6.45) is 3.64. The number of amides is 3. The fourth-order valence-corrected chi connectivity index (χ4v) is 8.39. The Morgan fingerprint density at radius 3 is 2.56 bits per heavy atom. The molecule has 2 aromatic carbocycles. The van der Waals surface area contributed by atoms with Crippen molar-refractivity contribution in [3.63, 3.8) is 0 Å². The van der Waals surface area contributed by atoms with Gasteiger partial charge in [0.15, 0.2) is 0 Å². The van der Waals surface area contributed by atoms with Crippen LogP contribution in [0.3, 0.4) is 0 Å². The van der Waals surface area contributed by atoms with Crippen LogP contribution >= 0.6 is 27.5 Å². The van der Waals surface area contributed by atoms with Gasteiger partial charge >= 0.3 is 5.97 Å². The molecule has 2 aromatic rings. The summed E-state index contributed by atoms with van der Waals surface area (Å²) >= 11 is 10.3. The molecule has 3 aliphatic rings. The van der Waals surface area contributed by atoms with Gasteiger partial charge in [0, 0.05) is 30.9 Å². The first-order valence-electron chi connectivity index (χ1n) is 16.2. The number of benzene rings is 2. The predicted molar refractivity (Wildman–Crippen MR) is 185 cm³/mol. The second-order valence-electron chi connectivity index (χ2n) is 12.3. The van der Waals surface area contributed by atoms with E-state index in [1.54, 1.807) is 48.6 Å². The monoisotopic (exact) mass is 741 g/mol. The van der Waals surface area contributed by atoms with Crippen molar-refractivity contribution in [2.75, 3.05) is 31.1 Å². The van der Waals surface area contributed by atoms with Crippen LogP contribution in [0.2, 0.25) is 5.02 Å². The molecule has 3 heterocycles. The minimum atomic E-state index is -1.32. The number of nitrogens with one attached hydrogen (secondary N) is 1. The topological polar surface area (TPSA) is 125 Å². The van der Waals surface area contributed by atoms with Crippen molar-refractivity contribution < 1.29 is 33.8 Å². The number of alkyl halides is 1. The third-order valence-electron chi connectivity index (χ3n) is 9.31. The van der Waals surface area contributed by atoms with Crippen molar-refractivity contribution in [3.8, 4) is 0 Å². The van der Waals surface area contributed by atoms with Crippen LogP contribution < -0.4 is 10.2 Å². The quantitative estimate of drug-likeness (QED) is 0.110. The van der Waals surface area contributed by atoms with Gasteiger partial charge in [0.1, 0.15) is 17.7 Å². The van der Waals surface area contributed by atoms with Gasteiger partial charge in [-0.25, -0.2) is 0 Å². The fourth-order valence-electron chi connectivity index (χ4n) is 7.21. The maximum Gasteiger partial charge on any atom is 0.313 e. The van der Waals surface area contributed by atoms with Crippen molar-refractivity contribution in [2.24, 2.45) is 11.8 Å². The van der Waals surface area contributed by atoms with Crippen molar-refractivity contribution in [1.29, 1.82) is 0 Å². The van der Waals surface area contributed by atoms with E-state index in [2.05, 4.69) is 34.4 Å². The average Bonchev–Trinajstić information content (AvgIpc) is 3.68. The van der Waals surface area contributed by atoms with Crippen LogP contribution in [0.1, 0.15) is 43.8 Å². The van der Waals surface area contributed by atoms with Crippen molar-refractivity contribution in [1.82, 2.24) is 10.2 Å². The van der Waals surface area contributed by atoms with Crippen LogP contribution in [0, 0.1) is 11.8 Å². The van der Waals surface area contributed by atoms with Gasteiger partial charge in [-0.15, -0.1) is 13.2 Å². The average molecular weight is 743 g/mol. The molecule has 0 aliphatic carbocycles. The summed E-state index contributed by atoms with van der Waals surface area (Å²) in [6, 6.07) is 15.0. The lowest BCUT2D eigenvalue weighted by Gasteiger charge is -2.37. The largest absolute Gasteiger partial charge is 0.455 e. The summed E-state index contributed by atoms with van der Waals surface area (Å²) in [5.74, 6) is -3.62. The minimum absolute atomic E-state index is 0.0359. The van der Waals surface area contributed by atoms with Crippen molar-refractivity contribution in [3.05, 3.63) is 90.5 Å². The molecule has 2 bridgehead atoms. The number of carbonyl (C=O) groups is 4. The zero-order chi connectivity index (χ0) is 34.4. The first-order chi connectivity index (χ1) is 23.2. The van der Waals surface area contributed by atoms with E-state index in [4.69, 9.17) is 21.1 Å². The third kappa shape index (κ3) is 6.96. The Kier molecular flexibility index (Phi) is 11.8. The number of carbonyl (C=O) groups excluding carboxylic acids is 4. The maximum atomic E-state index is 14.7. The number of hydrogen-bond acceptors (Lipinski definition) is 7. The van der Waals surface area contributed by atoms with E-state index in [0.29, 0.717) is 42.0 Å². The van der Waals surface area contributed by atoms with Gasteiger partial charge in [-0.2, -0.15) is 0 Å². The van der Waals surface area contributed by atoms with E-state index in [1.807, 2.05) is 18.2 Å². The summed E-state index contributed by atoms with van der Waals surface area (Å²) in [7, 11) is 0. The molecule has 3 saturated heterocycles. The van der Waals surface area contributed by atoms with Gasteiger partial charge in [0.05, 0.1) is 35.2 Å². The third-order valence-corrected chi connectivity index (χ3v) is 10.5. The highest BCUT2D eigenvalue weighted by molar-refractivity contribution is 9.09. The molecule has 3 fully saturated rings.